The van der Waals surface area contributed by atoms with E-state index in [-0.39, 0.29) is 6.42 Å². The molecule has 0 radical (unpaired) electrons. The van der Waals surface area contributed by atoms with Crippen molar-refractivity contribution in [2.75, 3.05) is 0 Å². The van der Waals surface area contributed by atoms with Crippen LogP contribution >= 0.6 is 0 Å². The number of carboxylic acid groups (broad SMARTS) is 1. The smallest absolute Gasteiger partial charge is 0.307 e. The van der Waals surface area contributed by atoms with Crippen LogP contribution in [0.4, 0.5) is 0 Å². The number of nitrogens with zero attached hydrogens (tertiary/aromatic N) is 3. The summed E-state index contributed by atoms with van der Waals surface area (Å²) < 4.78 is 1.72. The molecular weight excluding hydrogens is 278 g/mol. The first-order chi connectivity index (χ1) is 10.6. The van der Waals surface area contributed by atoms with Gasteiger partial charge in [-0.15, -0.1) is 5.10 Å². The first-order valence-corrected chi connectivity index (χ1v) is 6.91. The number of aromatic nitrogens is 3. The fourth-order valence-corrected chi connectivity index (χ4v) is 2.16. The largest absolute Gasteiger partial charge is 0.481 e. The molecule has 3 aromatic rings. The van der Waals surface area contributed by atoms with Crippen LogP contribution in [0.25, 0.3) is 17.1 Å². The number of carboxylic acids is 1. The molecule has 110 valence electrons. The fourth-order valence-electron chi connectivity index (χ4n) is 2.16. The molecule has 0 atom stereocenters. The molecule has 0 unspecified atom stereocenters. The quantitative estimate of drug-likeness (QED) is 0.803. The second kappa shape index (κ2) is 5.81. The predicted molar refractivity (Wildman–Crippen MR) is 82.9 cm³/mol. The van der Waals surface area contributed by atoms with Gasteiger partial charge in [0.1, 0.15) is 6.33 Å². The van der Waals surface area contributed by atoms with Crippen molar-refractivity contribution in [1.82, 2.24) is 14.8 Å². The molecule has 1 N–H and O–H groups in total. The van der Waals surface area contributed by atoms with Crippen LogP contribution in [0, 0.1) is 6.92 Å². The molecule has 1 aromatic heterocycles. The summed E-state index contributed by atoms with van der Waals surface area (Å²) in [6.07, 6.45) is 1.69. The summed E-state index contributed by atoms with van der Waals surface area (Å²) in [6.45, 7) is 2.04. The van der Waals surface area contributed by atoms with E-state index in [1.807, 2.05) is 43.3 Å². The van der Waals surface area contributed by atoms with Crippen LogP contribution in [0.2, 0.25) is 0 Å². The highest BCUT2D eigenvalue weighted by atomic mass is 16.4. The second-order valence-electron chi connectivity index (χ2n) is 5.12. The minimum Gasteiger partial charge on any atom is -0.481 e. The third-order valence-electron chi connectivity index (χ3n) is 3.36. The minimum absolute atomic E-state index is 0.0194. The van der Waals surface area contributed by atoms with E-state index in [2.05, 4.69) is 10.1 Å². The number of carbonyl (C=O) groups is 1. The standard InChI is InChI=1S/C17H15N3O2/c1-12-2-8-15(9-3-12)20-11-18-17(19-20)14-6-4-13(5-7-14)10-16(21)22/h2-9,11H,10H2,1H3,(H,21,22). The van der Waals surface area contributed by atoms with Crippen LogP contribution in [0.5, 0.6) is 0 Å². The predicted octanol–water partition coefficient (Wildman–Crippen LogP) is 2.87. The average Bonchev–Trinajstić information content (AvgIpc) is 2.98. The first-order valence-electron chi connectivity index (χ1n) is 6.91. The number of aryl methyl sites for hydroxylation is 1. The van der Waals surface area contributed by atoms with Crippen molar-refractivity contribution in [2.24, 2.45) is 0 Å². The maximum atomic E-state index is 10.7. The van der Waals surface area contributed by atoms with E-state index < -0.39 is 5.97 Å². The van der Waals surface area contributed by atoms with Crippen molar-refractivity contribution in [3.05, 3.63) is 66.0 Å². The molecular formula is C17H15N3O2. The van der Waals surface area contributed by atoms with E-state index in [1.165, 1.54) is 5.56 Å². The Balaban J connectivity index is 1.84. The Morgan fingerprint density at radius 1 is 1.09 bits per heavy atom. The second-order valence-corrected chi connectivity index (χ2v) is 5.12. The lowest BCUT2D eigenvalue weighted by atomic mass is 10.1. The lowest BCUT2D eigenvalue weighted by molar-refractivity contribution is -0.136. The Morgan fingerprint density at radius 2 is 1.77 bits per heavy atom. The number of benzene rings is 2. The monoisotopic (exact) mass is 293 g/mol. The summed E-state index contributed by atoms with van der Waals surface area (Å²) >= 11 is 0. The Kier molecular flexibility index (Phi) is 3.70. The Labute approximate surface area is 127 Å². The molecule has 0 aliphatic carbocycles. The molecule has 0 spiro atoms. The molecule has 0 aliphatic heterocycles. The van der Waals surface area contributed by atoms with Gasteiger partial charge in [-0.2, -0.15) is 0 Å². The van der Waals surface area contributed by atoms with Gasteiger partial charge in [-0.1, -0.05) is 42.0 Å². The third-order valence-corrected chi connectivity index (χ3v) is 3.36. The molecule has 0 aliphatic rings. The highest BCUT2D eigenvalue weighted by Gasteiger charge is 2.06. The highest BCUT2D eigenvalue weighted by Crippen LogP contribution is 2.17. The molecule has 3 rings (SSSR count). The van der Waals surface area contributed by atoms with Gasteiger partial charge in [0.2, 0.25) is 0 Å². The van der Waals surface area contributed by atoms with Crippen molar-refractivity contribution >= 4 is 5.97 Å². The summed E-state index contributed by atoms with van der Waals surface area (Å²) in [5.41, 5.74) is 3.76. The summed E-state index contributed by atoms with van der Waals surface area (Å²) in [5, 5.41) is 13.2. The molecule has 0 bridgehead atoms. The van der Waals surface area contributed by atoms with Gasteiger partial charge < -0.3 is 5.11 Å². The van der Waals surface area contributed by atoms with Gasteiger partial charge in [-0.05, 0) is 24.6 Å². The summed E-state index contributed by atoms with van der Waals surface area (Å²) in [6, 6.07) is 15.3. The topological polar surface area (TPSA) is 68.0 Å². The van der Waals surface area contributed by atoms with Crippen molar-refractivity contribution in [1.29, 1.82) is 0 Å². The zero-order chi connectivity index (χ0) is 15.5. The fraction of sp³-hybridized carbons (Fsp3) is 0.118. The number of rotatable bonds is 4. The third kappa shape index (κ3) is 3.03. The van der Waals surface area contributed by atoms with Gasteiger partial charge in [-0.25, -0.2) is 9.67 Å². The van der Waals surface area contributed by atoms with Gasteiger partial charge in [0, 0.05) is 5.56 Å². The summed E-state index contributed by atoms with van der Waals surface area (Å²) in [4.78, 5) is 15.0. The van der Waals surface area contributed by atoms with Crippen LogP contribution < -0.4 is 0 Å². The number of hydrogen-bond donors (Lipinski definition) is 1. The molecule has 5 nitrogen and oxygen atoms in total. The van der Waals surface area contributed by atoms with Gasteiger partial charge in [-0.3, -0.25) is 4.79 Å². The van der Waals surface area contributed by atoms with Crippen LogP contribution in [-0.4, -0.2) is 25.8 Å². The van der Waals surface area contributed by atoms with E-state index in [0.29, 0.717) is 5.82 Å². The normalized spacial score (nSPS) is 10.6. The SMILES string of the molecule is Cc1ccc(-n2cnc(-c3ccc(CC(=O)O)cc3)n2)cc1. The molecule has 1 heterocycles. The zero-order valence-electron chi connectivity index (χ0n) is 12.1. The highest BCUT2D eigenvalue weighted by molar-refractivity contribution is 5.70. The Hall–Kier alpha value is -2.95. The maximum Gasteiger partial charge on any atom is 0.307 e. The van der Waals surface area contributed by atoms with Crippen LogP contribution in [0.1, 0.15) is 11.1 Å². The summed E-state index contributed by atoms with van der Waals surface area (Å²) in [5.74, 6) is -0.225. The van der Waals surface area contributed by atoms with Gasteiger partial charge in [0.15, 0.2) is 5.82 Å². The zero-order valence-corrected chi connectivity index (χ0v) is 12.1. The Bertz CT molecular complexity index is 790. The van der Waals surface area contributed by atoms with E-state index in [1.54, 1.807) is 23.1 Å². The molecule has 0 amide bonds. The first kappa shape index (κ1) is 14.0. The molecule has 0 fully saturated rings. The molecule has 2 aromatic carbocycles. The lowest BCUT2D eigenvalue weighted by Gasteiger charge is -2.01. The van der Waals surface area contributed by atoms with E-state index in [0.717, 1.165) is 16.8 Å². The lowest BCUT2D eigenvalue weighted by Crippen LogP contribution is -1.99. The van der Waals surface area contributed by atoms with E-state index >= 15 is 0 Å². The molecule has 0 saturated heterocycles. The minimum atomic E-state index is -0.838. The Morgan fingerprint density at radius 3 is 2.41 bits per heavy atom. The van der Waals surface area contributed by atoms with Gasteiger partial charge in [0.05, 0.1) is 12.1 Å². The van der Waals surface area contributed by atoms with Gasteiger partial charge in [0.25, 0.3) is 0 Å². The van der Waals surface area contributed by atoms with Gasteiger partial charge >= 0.3 is 5.97 Å². The van der Waals surface area contributed by atoms with Crippen molar-refractivity contribution in [2.45, 2.75) is 13.3 Å². The maximum absolute atomic E-state index is 10.7. The average molecular weight is 293 g/mol. The van der Waals surface area contributed by atoms with Crippen LogP contribution in [-0.2, 0) is 11.2 Å². The molecule has 5 heteroatoms. The number of hydrogen-bond acceptors (Lipinski definition) is 3. The van der Waals surface area contributed by atoms with Crippen LogP contribution in [0.3, 0.4) is 0 Å². The van der Waals surface area contributed by atoms with E-state index in [4.69, 9.17) is 5.11 Å². The number of aliphatic carboxylic acids is 1. The van der Waals surface area contributed by atoms with E-state index in [9.17, 15) is 4.79 Å². The van der Waals surface area contributed by atoms with Crippen molar-refractivity contribution < 1.29 is 9.90 Å². The van der Waals surface area contributed by atoms with Crippen molar-refractivity contribution in [3.8, 4) is 17.1 Å². The molecule has 0 saturated carbocycles. The van der Waals surface area contributed by atoms with Crippen molar-refractivity contribution in [3.63, 3.8) is 0 Å². The molecule has 22 heavy (non-hydrogen) atoms. The summed E-state index contributed by atoms with van der Waals surface area (Å²) in [7, 11) is 0. The van der Waals surface area contributed by atoms with Crippen LogP contribution in [0.15, 0.2) is 54.9 Å².